The average molecular weight is 310 g/mol. The predicted molar refractivity (Wildman–Crippen MR) is 78.7 cm³/mol. The molecule has 1 aromatic heterocycles. The van der Waals surface area contributed by atoms with Gasteiger partial charge in [-0.15, -0.1) is 0 Å². The molecule has 0 aliphatic carbocycles. The first-order valence-electron chi connectivity index (χ1n) is 5.93. The molecule has 0 spiro atoms. The quantitative estimate of drug-likeness (QED) is 0.729. The van der Waals surface area contributed by atoms with Crippen LogP contribution in [0.15, 0.2) is 46.9 Å². The van der Waals surface area contributed by atoms with Gasteiger partial charge in [0.1, 0.15) is 17.2 Å². The van der Waals surface area contributed by atoms with Gasteiger partial charge in [0.25, 0.3) is 0 Å². The number of halogens is 3. The first-order chi connectivity index (χ1) is 9.52. The van der Waals surface area contributed by atoms with Crippen molar-refractivity contribution in [1.29, 1.82) is 0 Å². The van der Waals surface area contributed by atoms with Crippen molar-refractivity contribution in [2.75, 3.05) is 0 Å². The van der Waals surface area contributed by atoms with Crippen LogP contribution in [0.5, 0.6) is 0 Å². The molecular formula is C15H10Cl2FNO. The van der Waals surface area contributed by atoms with Crippen molar-refractivity contribution < 1.29 is 8.81 Å². The maximum atomic E-state index is 13.2. The van der Waals surface area contributed by atoms with Crippen LogP contribution in [0.3, 0.4) is 0 Å². The lowest BCUT2D eigenvalue weighted by atomic mass is 10.1. The molecule has 3 aromatic rings. The molecular weight excluding hydrogens is 300 g/mol. The number of nitrogens with two attached hydrogens (primary N) is 1. The molecule has 0 saturated carbocycles. The van der Waals surface area contributed by atoms with E-state index in [4.69, 9.17) is 33.4 Å². The van der Waals surface area contributed by atoms with Gasteiger partial charge in [0.2, 0.25) is 0 Å². The van der Waals surface area contributed by atoms with E-state index >= 15 is 0 Å². The third kappa shape index (κ3) is 2.52. The Balaban J connectivity index is 2.05. The van der Waals surface area contributed by atoms with Gasteiger partial charge < -0.3 is 10.2 Å². The number of benzene rings is 2. The zero-order chi connectivity index (χ0) is 14.3. The van der Waals surface area contributed by atoms with Crippen molar-refractivity contribution in [2.24, 2.45) is 5.73 Å². The van der Waals surface area contributed by atoms with Crippen LogP contribution >= 0.6 is 23.2 Å². The summed E-state index contributed by atoms with van der Waals surface area (Å²) in [6.07, 6.45) is 0. The molecule has 2 aromatic carbocycles. The highest BCUT2D eigenvalue weighted by atomic mass is 35.5. The second kappa shape index (κ2) is 5.09. The molecule has 5 heteroatoms. The lowest BCUT2D eigenvalue weighted by Crippen LogP contribution is -2.10. The molecule has 2 N–H and O–H groups in total. The summed E-state index contributed by atoms with van der Waals surface area (Å²) >= 11 is 11.9. The fourth-order valence-electron chi connectivity index (χ4n) is 2.11. The number of fused-ring (bicyclic) bond motifs is 1. The van der Waals surface area contributed by atoms with Crippen molar-refractivity contribution in [3.63, 3.8) is 0 Å². The summed E-state index contributed by atoms with van der Waals surface area (Å²) in [5, 5.41) is 1.68. The maximum absolute atomic E-state index is 13.2. The summed E-state index contributed by atoms with van der Waals surface area (Å²) in [7, 11) is 0. The molecule has 102 valence electrons. The average Bonchev–Trinajstić information content (AvgIpc) is 2.79. The molecule has 0 radical (unpaired) electrons. The minimum Gasteiger partial charge on any atom is -0.459 e. The van der Waals surface area contributed by atoms with Crippen LogP contribution in [0.2, 0.25) is 10.0 Å². The highest BCUT2D eigenvalue weighted by Crippen LogP contribution is 2.30. The lowest BCUT2D eigenvalue weighted by molar-refractivity contribution is 0.524. The third-order valence-corrected chi connectivity index (χ3v) is 3.48. The van der Waals surface area contributed by atoms with Crippen molar-refractivity contribution in [1.82, 2.24) is 0 Å². The molecule has 0 saturated heterocycles. The zero-order valence-corrected chi connectivity index (χ0v) is 11.8. The molecule has 0 fully saturated rings. The second-order valence-corrected chi connectivity index (χ2v) is 5.38. The normalized spacial score (nSPS) is 12.8. The molecule has 1 atom stereocenters. The summed E-state index contributed by atoms with van der Waals surface area (Å²) in [4.78, 5) is 0. The molecule has 2 nitrogen and oxygen atoms in total. The molecule has 0 aliphatic rings. The van der Waals surface area contributed by atoms with Crippen LogP contribution in [0.1, 0.15) is 17.4 Å². The van der Waals surface area contributed by atoms with E-state index in [1.54, 1.807) is 30.3 Å². The van der Waals surface area contributed by atoms with E-state index < -0.39 is 6.04 Å². The fourth-order valence-corrected chi connectivity index (χ4v) is 2.65. The predicted octanol–water partition coefficient (Wildman–Crippen LogP) is 4.93. The SMILES string of the molecule is NC(c1cc(Cl)cc(Cl)c1)c1cc2cc(F)ccc2o1. The van der Waals surface area contributed by atoms with Crippen molar-refractivity contribution in [2.45, 2.75) is 6.04 Å². The standard InChI is InChI=1S/C15H10Cl2FNO/c16-10-3-9(4-11(17)7-10)15(19)14-6-8-5-12(18)1-2-13(8)20-14/h1-7,15H,19H2. The Kier molecular flexibility index (Phi) is 3.42. The summed E-state index contributed by atoms with van der Waals surface area (Å²) in [6.45, 7) is 0. The van der Waals surface area contributed by atoms with Crippen LogP contribution in [-0.2, 0) is 0 Å². The van der Waals surface area contributed by atoms with E-state index in [0.717, 1.165) is 5.56 Å². The molecule has 20 heavy (non-hydrogen) atoms. The van der Waals surface area contributed by atoms with E-state index in [1.165, 1.54) is 12.1 Å². The summed E-state index contributed by atoms with van der Waals surface area (Å²) in [5.74, 6) is 0.216. The van der Waals surface area contributed by atoms with Gasteiger partial charge in [-0.3, -0.25) is 0 Å². The third-order valence-electron chi connectivity index (χ3n) is 3.05. The lowest BCUT2D eigenvalue weighted by Gasteiger charge is -2.10. The van der Waals surface area contributed by atoms with Crippen LogP contribution in [0, 0.1) is 5.82 Å². The number of hydrogen-bond donors (Lipinski definition) is 1. The monoisotopic (exact) mass is 309 g/mol. The number of rotatable bonds is 2. The van der Waals surface area contributed by atoms with E-state index in [9.17, 15) is 4.39 Å². The second-order valence-electron chi connectivity index (χ2n) is 4.51. The molecule has 0 bridgehead atoms. The highest BCUT2D eigenvalue weighted by Gasteiger charge is 2.15. The van der Waals surface area contributed by atoms with Crippen molar-refractivity contribution in [3.8, 4) is 0 Å². The van der Waals surface area contributed by atoms with Gasteiger partial charge >= 0.3 is 0 Å². The van der Waals surface area contributed by atoms with Crippen LogP contribution < -0.4 is 5.73 Å². The van der Waals surface area contributed by atoms with Gasteiger partial charge in [-0.2, -0.15) is 0 Å². The number of furan rings is 1. The smallest absolute Gasteiger partial charge is 0.134 e. The van der Waals surface area contributed by atoms with E-state index in [0.29, 0.717) is 26.8 Å². The van der Waals surface area contributed by atoms with Crippen LogP contribution in [0.25, 0.3) is 11.0 Å². The summed E-state index contributed by atoms with van der Waals surface area (Å²) in [5.41, 5.74) is 7.48. The summed E-state index contributed by atoms with van der Waals surface area (Å²) < 4.78 is 18.8. The Morgan fingerprint density at radius 1 is 1.00 bits per heavy atom. The van der Waals surface area contributed by atoms with Gasteiger partial charge in [0, 0.05) is 15.4 Å². The van der Waals surface area contributed by atoms with E-state index in [2.05, 4.69) is 0 Å². The topological polar surface area (TPSA) is 39.2 Å². The van der Waals surface area contributed by atoms with Crippen molar-refractivity contribution in [3.05, 3.63) is 69.7 Å². The molecule has 0 amide bonds. The first-order valence-corrected chi connectivity index (χ1v) is 6.69. The summed E-state index contributed by atoms with van der Waals surface area (Å²) in [6, 6.07) is 10.6. The Bertz CT molecular complexity index is 764. The Morgan fingerprint density at radius 3 is 2.40 bits per heavy atom. The van der Waals surface area contributed by atoms with Gasteiger partial charge in [0.05, 0.1) is 6.04 Å². The van der Waals surface area contributed by atoms with Gasteiger partial charge in [-0.25, -0.2) is 4.39 Å². The van der Waals surface area contributed by atoms with Crippen LogP contribution in [0.4, 0.5) is 4.39 Å². The number of hydrogen-bond acceptors (Lipinski definition) is 2. The van der Waals surface area contributed by atoms with Gasteiger partial charge in [-0.1, -0.05) is 23.2 Å². The molecule has 1 heterocycles. The van der Waals surface area contributed by atoms with E-state index in [1.807, 2.05) is 0 Å². The van der Waals surface area contributed by atoms with Gasteiger partial charge in [0.15, 0.2) is 0 Å². The Morgan fingerprint density at radius 2 is 1.70 bits per heavy atom. The molecule has 1 unspecified atom stereocenters. The minimum atomic E-state index is -0.512. The van der Waals surface area contributed by atoms with Gasteiger partial charge in [-0.05, 0) is 48.0 Å². The highest BCUT2D eigenvalue weighted by molar-refractivity contribution is 6.34. The van der Waals surface area contributed by atoms with E-state index in [-0.39, 0.29) is 5.82 Å². The first kappa shape index (κ1) is 13.4. The van der Waals surface area contributed by atoms with Crippen molar-refractivity contribution >= 4 is 34.2 Å². The Hall–Kier alpha value is -1.55. The minimum absolute atomic E-state index is 0.316. The zero-order valence-electron chi connectivity index (χ0n) is 10.2. The Labute approximate surface area is 124 Å². The molecule has 0 aliphatic heterocycles. The molecule has 3 rings (SSSR count). The fraction of sp³-hybridized carbons (Fsp3) is 0.0667. The largest absolute Gasteiger partial charge is 0.459 e. The maximum Gasteiger partial charge on any atom is 0.134 e. The van der Waals surface area contributed by atoms with Crippen LogP contribution in [-0.4, -0.2) is 0 Å².